The lowest BCUT2D eigenvalue weighted by molar-refractivity contribution is -0.662. The van der Waals surface area contributed by atoms with Crippen molar-refractivity contribution in [1.82, 2.24) is 19.6 Å². The molecular formula is C25H26N7O5S2+. The molecule has 0 radical (unpaired) electrons. The molecule has 4 N–H and O–H groups in total. The summed E-state index contributed by atoms with van der Waals surface area (Å²) in [7, 11) is 0. The van der Waals surface area contributed by atoms with Crippen molar-refractivity contribution in [3.8, 4) is 0 Å². The Balaban J connectivity index is 1.21. The molecule has 0 bridgehead atoms. The predicted octanol–water partition coefficient (Wildman–Crippen LogP) is 1.37. The lowest BCUT2D eigenvalue weighted by atomic mass is 10.0. The number of fused-ring (bicyclic) bond motifs is 2. The van der Waals surface area contributed by atoms with Gasteiger partial charge in [-0.2, -0.15) is 0 Å². The van der Waals surface area contributed by atoms with E-state index in [1.807, 2.05) is 45.8 Å². The number of hydrogen-bond donors (Lipinski definition) is 3. The van der Waals surface area contributed by atoms with Crippen LogP contribution in [0.15, 0.2) is 58.6 Å². The van der Waals surface area contributed by atoms with Crippen LogP contribution in [0.3, 0.4) is 0 Å². The molecule has 3 aromatic heterocycles. The zero-order valence-corrected chi connectivity index (χ0v) is 22.4. The molecule has 39 heavy (non-hydrogen) atoms. The molecule has 0 spiro atoms. The quantitative estimate of drug-likeness (QED) is 0.159. The Bertz CT molecular complexity index is 1520. The van der Waals surface area contributed by atoms with E-state index >= 15 is 0 Å². The van der Waals surface area contributed by atoms with Gasteiger partial charge >= 0.3 is 5.97 Å². The van der Waals surface area contributed by atoms with Crippen LogP contribution in [-0.2, 0) is 25.8 Å². The van der Waals surface area contributed by atoms with Crippen molar-refractivity contribution in [3.05, 3.63) is 59.1 Å². The SMILES string of the molecule is Nc1nc(C(=NOC2CCCC2)C(=O)N[C@@H]2C(=O)N3C(C(=O)O)=C(C[n+]4ccn5ccccc54)CS[C@@H]23)cs1. The number of aromatic nitrogens is 3. The molecule has 3 aliphatic rings. The summed E-state index contributed by atoms with van der Waals surface area (Å²) in [6, 6.07) is 4.85. The van der Waals surface area contributed by atoms with Crippen LogP contribution < -0.4 is 15.6 Å². The topological polar surface area (TPSA) is 155 Å². The Kier molecular flexibility index (Phi) is 6.73. The number of rotatable bonds is 8. The average Bonchev–Trinajstić information content (AvgIpc) is 3.69. The third kappa shape index (κ3) is 4.74. The van der Waals surface area contributed by atoms with Gasteiger partial charge in [0.05, 0.1) is 6.20 Å². The van der Waals surface area contributed by atoms with Crippen LogP contribution in [0, 0.1) is 0 Å². The number of thiazole rings is 1. The molecule has 0 aromatic carbocycles. The molecule has 2 aliphatic heterocycles. The van der Waals surface area contributed by atoms with Crippen molar-refractivity contribution in [2.75, 3.05) is 11.5 Å². The van der Waals surface area contributed by atoms with Crippen molar-refractivity contribution < 1.29 is 28.9 Å². The van der Waals surface area contributed by atoms with Crippen LogP contribution in [0.5, 0.6) is 0 Å². The fraction of sp³-hybridized carbons (Fsp3) is 0.360. The number of nitrogens with one attached hydrogen (secondary N) is 1. The summed E-state index contributed by atoms with van der Waals surface area (Å²) < 4.78 is 3.88. The molecule has 14 heteroatoms. The fourth-order valence-corrected chi connectivity index (χ4v) is 7.00. The van der Waals surface area contributed by atoms with E-state index in [9.17, 15) is 19.5 Å². The molecule has 202 valence electrons. The Hall–Kier alpha value is -3.91. The molecule has 3 aromatic rings. The van der Waals surface area contributed by atoms with Crippen LogP contribution in [0.1, 0.15) is 31.4 Å². The highest BCUT2D eigenvalue weighted by Crippen LogP contribution is 2.40. The van der Waals surface area contributed by atoms with Crippen LogP contribution in [0.4, 0.5) is 5.13 Å². The van der Waals surface area contributed by atoms with Crippen LogP contribution >= 0.6 is 23.1 Å². The zero-order chi connectivity index (χ0) is 27.1. The summed E-state index contributed by atoms with van der Waals surface area (Å²) in [4.78, 5) is 49.9. The molecular weight excluding hydrogens is 542 g/mol. The maximum atomic E-state index is 13.3. The molecule has 1 saturated carbocycles. The second-order valence-corrected chi connectivity index (χ2v) is 11.5. The van der Waals surface area contributed by atoms with Gasteiger partial charge in [-0.05, 0) is 31.7 Å². The highest BCUT2D eigenvalue weighted by Gasteiger charge is 2.54. The van der Waals surface area contributed by atoms with E-state index in [1.165, 1.54) is 28.0 Å². The van der Waals surface area contributed by atoms with Crippen molar-refractivity contribution >= 4 is 57.4 Å². The maximum absolute atomic E-state index is 13.3. The van der Waals surface area contributed by atoms with Crippen molar-refractivity contribution in [2.45, 2.75) is 49.7 Å². The van der Waals surface area contributed by atoms with Gasteiger partial charge in [-0.15, -0.1) is 23.1 Å². The number of carbonyl (C=O) groups is 3. The van der Waals surface area contributed by atoms with Gasteiger partial charge in [-0.1, -0.05) is 11.2 Å². The van der Waals surface area contributed by atoms with Gasteiger partial charge in [-0.25, -0.2) is 18.7 Å². The third-order valence-electron chi connectivity index (χ3n) is 7.04. The first-order valence-corrected chi connectivity index (χ1v) is 14.4. The van der Waals surface area contributed by atoms with E-state index in [0.717, 1.165) is 31.3 Å². The normalized spacial score (nSPS) is 21.7. The number of aliphatic carboxylic acids is 1. The number of hydrogen-bond acceptors (Lipinski definition) is 9. The first-order chi connectivity index (χ1) is 18.9. The Morgan fingerprint density at radius 2 is 2.10 bits per heavy atom. The number of carboxylic acids is 1. The number of imidazole rings is 1. The number of carbonyl (C=O) groups excluding carboxylic acids is 2. The van der Waals surface area contributed by atoms with E-state index in [1.54, 1.807) is 5.38 Å². The molecule has 2 fully saturated rings. The van der Waals surface area contributed by atoms with Crippen LogP contribution in [0.25, 0.3) is 5.65 Å². The monoisotopic (exact) mass is 568 g/mol. The fourth-order valence-electron chi connectivity index (χ4n) is 5.12. The number of thioether (sulfide) groups is 1. The summed E-state index contributed by atoms with van der Waals surface area (Å²) in [5.74, 6) is -1.90. The van der Waals surface area contributed by atoms with Crippen molar-refractivity contribution in [1.29, 1.82) is 0 Å². The first-order valence-electron chi connectivity index (χ1n) is 12.5. The van der Waals surface area contributed by atoms with Gasteiger partial charge in [0, 0.05) is 22.8 Å². The lowest BCUT2D eigenvalue weighted by Crippen LogP contribution is -2.71. The standard InChI is InChI=1S/C25H25N7O5S2/c26-25-27-16(13-39-25)18(29-37-15-5-1-2-6-15)21(33)28-19-22(34)32-20(24(35)36)14(12-38-23(19)32)11-31-10-9-30-8-4-3-7-17(30)31/h3-4,7-10,13,15,19,23H,1-2,5-6,11-12H2,(H3-,26,27,28,33,35,36)/p+1/t19-,23+/m1/s1. The number of carboxylic acid groups (broad SMARTS) is 1. The van der Waals surface area contributed by atoms with Gasteiger partial charge in [0.25, 0.3) is 17.5 Å². The number of nitrogens with two attached hydrogens (primary N) is 1. The number of nitrogen functional groups attached to an aromatic ring is 1. The van der Waals surface area contributed by atoms with Crippen LogP contribution in [0.2, 0.25) is 0 Å². The number of nitrogens with zero attached hydrogens (tertiary/aromatic N) is 5. The lowest BCUT2D eigenvalue weighted by Gasteiger charge is -2.49. The maximum Gasteiger partial charge on any atom is 0.352 e. The van der Waals surface area contributed by atoms with Gasteiger partial charge in [0.2, 0.25) is 0 Å². The molecule has 1 saturated heterocycles. The summed E-state index contributed by atoms with van der Waals surface area (Å²) in [5, 5.41) is 18.2. The Labute approximate surface area is 231 Å². The number of pyridine rings is 1. The number of β-lactam (4-membered cyclic amide) rings is 1. The van der Waals surface area contributed by atoms with E-state index in [0.29, 0.717) is 17.9 Å². The zero-order valence-electron chi connectivity index (χ0n) is 20.7. The molecule has 1 aliphatic carbocycles. The summed E-state index contributed by atoms with van der Waals surface area (Å²) in [6.07, 6.45) is 9.39. The second kappa shape index (κ2) is 10.3. The van der Waals surface area contributed by atoms with Crippen molar-refractivity contribution in [3.63, 3.8) is 0 Å². The van der Waals surface area contributed by atoms with Gasteiger partial charge in [0.1, 0.15) is 47.8 Å². The summed E-state index contributed by atoms with van der Waals surface area (Å²) in [5.41, 5.74) is 7.45. The first kappa shape index (κ1) is 25.4. The molecule has 0 unspecified atom stereocenters. The summed E-state index contributed by atoms with van der Waals surface area (Å²) >= 11 is 2.58. The van der Waals surface area contributed by atoms with Crippen molar-refractivity contribution in [2.24, 2.45) is 5.16 Å². The number of amides is 2. The predicted molar refractivity (Wildman–Crippen MR) is 144 cm³/mol. The summed E-state index contributed by atoms with van der Waals surface area (Å²) in [6.45, 7) is 0.323. The van der Waals surface area contributed by atoms with E-state index in [4.69, 9.17) is 10.6 Å². The highest BCUT2D eigenvalue weighted by molar-refractivity contribution is 8.00. The van der Waals surface area contributed by atoms with Gasteiger partial charge in [0.15, 0.2) is 10.8 Å². The average molecular weight is 569 g/mol. The Morgan fingerprint density at radius 3 is 2.85 bits per heavy atom. The van der Waals surface area contributed by atoms with Gasteiger partial charge < -0.3 is 21.0 Å². The highest BCUT2D eigenvalue weighted by atomic mass is 32.2. The second-order valence-electron chi connectivity index (χ2n) is 9.53. The molecule has 5 heterocycles. The smallest absolute Gasteiger partial charge is 0.352 e. The minimum Gasteiger partial charge on any atom is -0.477 e. The van der Waals surface area contributed by atoms with E-state index < -0.39 is 29.2 Å². The Morgan fingerprint density at radius 1 is 1.28 bits per heavy atom. The largest absolute Gasteiger partial charge is 0.477 e. The van der Waals surface area contributed by atoms with E-state index in [2.05, 4.69) is 15.5 Å². The van der Waals surface area contributed by atoms with Crippen LogP contribution in [-0.4, -0.2) is 66.2 Å². The minimum atomic E-state index is -1.18. The molecule has 6 rings (SSSR count). The third-order valence-corrected chi connectivity index (χ3v) is 9.06. The molecule has 12 nitrogen and oxygen atoms in total. The molecule has 2 amide bonds. The number of oxime groups is 1. The minimum absolute atomic E-state index is 0.0391. The molecule has 2 atom stereocenters. The number of anilines is 1. The van der Waals surface area contributed by atoms with Gasteiger partial charge in [-0.3, -0.25) is 14.5 Å². The van der Waals surface area contributed by atoms with E-state index in [-0.39, 0.29) is 28.3 Å².